The first-order valence-electron chi connectivity index (χ1n) is 19.2. The minimum atomic E-state index is -2.40. The average molecular weight is 878 g/mol. The van der Waals surface area contributed by atoms with Crippen LogP contribution in [0.25, 0.3) is 11.1 Å². The van der Waals surface area contributed by atoms with E-state index in [2.05, 4.69) is 26.9 Å². The van der Waals surface area contributed by atoms with Crippen LogP contribution in [0.5, 0.6) is 5.75 Å². The zero-order valence-electron chi connectivity index (χ0n) is 35.3. The molecule has 0 spiro atoms. The lowest BCUT2D eigenvalue weighted by Crippen LogP contribution is -2.69. The molecule has 2 amide bonds. The van der Waals surface area contributed by atoms with E-state index in [1.807, 2.05) is 0 Å². The van der Waals surface area contributed by atoms with Crippen LogP contribution in [0.3, 0.4) is 0 Å². The number of nitrogens with zero attached hydrogens (tertiary/aromatic N) is 3. The maximum atomic E-state index is 13.9. The third-order valence-corrected chi connectivity index (χ3v) is 9.04. The van der Waals surface area contributed by atoms with E-state index in [-0.39, 0.29) is 25.3 Å². The van der Waals surface area contributed by atoms with Gasteiger partial charge in [-0.05, 0) is 28.8 Å². The molecule has 0 saturated carbocycles. The number of hydrogen-bond donors (Lipinski definition) is 2. The van der Waals surface area contributed by atoms with Gasteiger partial charge in [0.2, 0.25) is 5.91 Å². The van der Waals surface area contributed by atoms with Gasteiger partial charge in [-0.1, -0.05) is 47.5 Å². The highest BCUT2D eigenvalue weighted by Gasteiger charge is 2.60. The smallest absolute Gasteiger partial charge is 0.361 e. The van der Waals surface area contributed by atoms with Gasteiger partial charge in [-0.3, -0.25) is 33.6 Å². The molecule has 0 radical (unpaired) electrons. The van der Waals surface area contributed by atoms with Crippen molar-refractivity contribution in [2.75, 3.05) is 26.9 Å². The molecule has 2 N–H and O–H groups in total. The van der Waals surface area contributed by atoms with Crippen LogP contribution in [-0.4, -0.2) is 120 Å². The Hall–Kier alpha value is -7.18. The van der Waals surface area contributed by atoms with E-state index in [1.165, 1.54) is 13.1 Å². The van der Waals surface area contributed by atoms with Crippen molar-refractivity contribution in [3.8, 4) is 29.2 Å². The fourth-order valence-electron chi connectivity index (χ4n) is 6.56. The van der Waals surface area contributed by atoms with Crippen molar-refractivity contribution in [3.63, 3.8) is 0 Å². The molecule has 1 aliphatic rings. The number of aromatic nitrogens is 3. The summed E-state index contributed by atoms with van der Waals surface area (Å²) in [5, 5.41) is 13.3. The standard InChI is InChI=1S/C42H47N5O16/c1-8-17-57-22-32-21-47(46-45-32)42(41(55)56-7)19-34(60-26(4)50)38(44-37(54)23-58-24(2)48)40(63-42)39(62-28(6)52)35(61-27(5)51)20-43-36(53)18-29-9-11-30(12-10-29)31-13-15-33(16-14-31)59-25(3)49/h1,9-16,21,34-35,38-40H,17-20,22-23H2,2-7H3,(H,43,53)(H,44,54)/t34-,35+,38+,39+,40+,42+/m0/s1. The van der Waals surface area contributed by atoms with E-state index in [9.17, 15) is 38.4 Å². The Morgan fingerprint density at radius 2 is 1.52 bits per heavy atom. The first-order chi connectivity index (χ1) is 29.9. The molecule has 0 unspecified atom stereocenters. The number of hydrogen-bond acceptors (Lipinski definition) is 18. The van der Waals surface area contributed by atoms with Gasteiger partial charge in [-0.2, -0.15) is 0 Å². The first kappa shape index (κ1) is 48.5. The second-order valence-electron chi connectivity index (χ2n) is 14.0. The lowest BCUT2D eigenvalue weighted by Gasteiger charge is -2.48. The summed E-state index contributed by atoms with van der Waals surface area (Å²) < 4.78 is 44.9. The molecule has 336 valence electrons. The van der Waals surface area contributed by atoms with E-state index in [4.69, 9.17) is 44.3 Å². The van der Waals surface area contributed by atoms with Gasteiger partial charge in [0, 0.05) is 41.0 Å². The zero-order valence-corrected chi connectivity index (χ0v) is 35.3. The summed E-state index contributed by atoms with van der Waals surface area (Å²) in [5.41, 5.74) is -0.0184. The van der Waals surface area contributed by atoms with Crippen LogP contribution in [0.2, 0.25) is 0 Å². The van der Waals surface area contributed by atoms with Crippen LogP contribution in [0, 0.1) is 12.3 Å². The minimum absolute atomic E-state index is 0.0859. The monoisotopic (exact) mass is 877 g/mol. The van der Waals surface area contributed by atoms with Gasteiger partial charge < -0.3 is 48.5 Å². The summed E-state index contributed by atoms with van der Waals surface area (Å²) in [4.78, 5) is 102. The number of carbonyl (C=O) groups excluding carboxylic acids is 8. The molecule has 3 aromatic rings. The second kappa shape index (κ2) is 22.6. The fourth-order valence-corrected chi connectivity index (χ4v) is 6.56. The van der Waals surface area contributed by atoms with Gasteiger partial charge in [-0.15, -0.1) is 11.5 Å². The molecule has 1 saturated heterocycles. The topological polar surface area (TPSA) is 265 Å². The second-order valence-corrected chi connectivity index (χ2v) is 14.0. The molecule has 21 heteroatoms. The van der Waals surface area contributed by atoms with Crippen LogP contribution < -0.4 is 15.4 Å². The van der Waals surface area contributed by atoms with Crippen molar-refractivity contribution in [1.29, 1.82) is 0 Å². The van der Waals surface area contributed by atoms with E-state index in [0.717, 1.165) is 50.6 Å². The number of benzene rings is 2. The summed E-state index contributed by atoms with van der Waals surface area (Å²) in [5.74, 6) is -3.96. The maximum Gasteiger partial charge on any atom is 0.361 e. The molecule has 1 aliphatic heterocycles. The molecule has 4 rings (SSSR count). The Balaban J connectivity index is 1.72. The van der Waals surface area contributed by atoms with Crippen molar-refractivity contribution in [3.05, 3.63) is 66.0 Å². The molecule has 0 aliphatic carbocycles. The van der Waals surface area contributed by atoms with Crippen molar-refractivity contribution in [1.82, 2.24) is 25.6 Å². The quantitative estimate of drug-likeness (QED) is 0.0555. The predicted molar refractivity (Wildman–Crippen MR) is 213 cm³/mol. The Morgan fingerprint density at radius 1 is 0.873 bits per heavy atom. The normalized spacial score (nSPS) is 18.8. The number of methoxy groups -OCH3 is 1. The van der Waals surface area contributed by atoms with Crippen molar-refractivity contribution in [2.24, 2.45) is 0 Å². The van der Waals surface area contributed by atoms with E-state index < -0.39 is 103 Å². The van der Waals surface area contributed by atoms with E-state index in [0.29, 0.717) is 11.3 Å². The molecule has 63 heavy (non-hydrogen) atoms. The number of esters is 6. The summed E-state index contributed by atoms with van der Waals surface area (Å²) in [6, 6.07) is 12.3. The van der Waals surface area contributed by atoms with E-state index >= 15 is 0 Å². The molecule has 1 aromatic heterocycles. The molecule has 6 atom stereocenters. The third-order valence-electron chi connectivity index (χ3n) is 9.04. The molecule has 0 bridgehead atoms. The number of ether oxygens (including phenoxy) is 8. The third kappa shape index (κ3) is 13.9. The van der Waals surface area contributed by atoms with Gasteiger partial charge in [0.25, 0.3) is 11.6 Å². The number of carbonyl (C=O) groups is 8. The number of rotatable bonds is 19. The average Bonchev–Trinajstić information content (AvgIpc) is 3.71. The van der Waals surface area contributed by atoms with Gasteiger partial charge in [0.1, 0.15) is 30.3 Å². The van der Waals surface area contributed by atoms with Crippen LogP contribution in [0.1, 0.15) is 52.3 Å². The first-order valence-corrected chi connectivity index (χ1v) is 19.2. The molecular weight excluding hydrogens is 830 g/mol. The minimum Gasteiger partial charge on any atom is -0.465 e. The van der Waals surface area contributed by atoms with Gasteiger partial charge >= 0.3 is 35.8 Å². The number of amides is 2. The van der Waals surface area contributed by atoms with Crippen LogP contribution in [-0.2, 0) is 90.3 Å². The Bertz CT molecular complexity index is 2180. The van der Waals surface area contributed by atoms with Crippen molar-refractivity contribution in [2.45, 2.75) is 90.2 Å². The fraction of sp³-hybridized carbons (Fsp3) is 0.429. The largest absolute Gasteiger partial charge is 0.465 e. The summed E-state index contributed by atoms with van der Waals surface area (Å²) in [6.07, 6.45) is -0.996. The molecule has 21 nitrogen and oxygen atoms in total. The number of terminal acetylenes is 1. The SMILES string of the molecule is C#CCOCc1cn([C@]2(C(=O)OC)C[C@H](OC(C)=O)[C@@H](NC(=O)COC(C)=O)[C@H]([C@H](OC(C)=O)[C@@H](CNC(=O)Cc3ccc(-c4ccc(OC(C)=O)cc4)cc3)OC(C)=O)O2)nn1. The highest BCUT2D eigenvalue weighted by Crippen LogP contribution is 2.39. The van der Waals surface area contributed by atoms with Gasteiger partial charge in [-0.25, -0.2) is 9.48 Å². The summed E-state index contributed by atoms with van der Waals surface area (Å²) >= 11 is 0. The van der Waals surface area contributed by atoms with Crippen LogP contribution in [0.15, 0.2) is 54.7 Å². The van der Waals surface area contributed by atoms with Gasteiger partial charge in [0.05, 0.1) is 38.9 Å². The zero-order chi connectivity index (χ0) is 46.3. The van der Waals surface area contributed by atoms with Crippen LogP contribution >= 0.6 is 0 Å². The van der Waals surface area contributed by atoms with Crippen molar-refractivity contribution < 1.29 is 76.3 Å². The van der Waals surface area contributed by atoms with Crippen molar-refractivity contribution >= 4 is 47.6 Å². The molecule has 2 aromatic carbocycles. The lowest BCUT2D eigenvalue weighted by molar-refractivity contribution is -0.265. The predicted octanol–water partition coefficient (Wildman–Crippen LogP) is 0.837. The lowest BCUT2D eigenvalue weighted by atomic mass is 9.86. The molecule has 2 heterocycles. The Kier molecular flexibility index (Phi) is 17.4. The van der Waals surface area contributed by atoms with Crippen LogP contribution in [0.4, 0.5) is 0 Å². The molecular formula is C42H47N5O16. The Morgan fingerprint density at radius 3 is 2.10 bits per heavy atom. The summed E-state index contributed by atoms with van der Waals surface area (Å²) in [6.45, 7) is 3.89. The van der Waals surface area contributed by atoms with E-state index in [1.54, 1.807) is 48.5 Å². The number of nitrogens with one attached hydrogen (secondary N) is 2. The van der Waals surface area contributed by atoms with Gasteiger partial charge in [0.15, 0.2) is 18.8 Å². The highest BCUT2D eigenvalue weighted by atomic mass is 16.6. The highest BCUT2D eigenvalue weighted by molar-refractivity contribution is 5.81. The Labute approximate surface area is 361 Å². The molecule has 1 fully saturated rings. The maximum absolute atomic E-state index is 13.9. The summed E-state index contributed by atoms with van der Waals surface area (Å²) in [7, 11) is 1.03.